The van der Waals surface area contributed by atoms with E-state index in [0.29, 0.717) is 0 Å². The number of methoxy groups -OCH3 is 2. The molecule has 0 aliphatic heterocycles. The van der Waals surface area contributed by atoms with Gasteiger partial charge in [0.2, 0.25) is 0 Å². The normalized spacial score (nSPS) is 13.5. The molecule has 3 nitrogen and oxygen atoms in total. The Morgan fingerprint density at radius 3 is 2.18 bits per heavy atom. The molecule has 66 valence electrons. The number of nitrogens with two attached hydrogens (primary N) is 1. The third kappa shape index (κ3) is 4.14. The summed E-state index contributed by atoms with van der Waals surface area (Å²) >= 11 is 0. The second kappa shape index (κ2) is 5.29. The molecule has 0 fully saturated rings. The van der Waals surface area contributed by atoms with Crippen LogP contribution in [0.4, 0.5) is 0 Å². The van der Waals surface area contributed by atoms with E-state index in [1.54, 1.807) is 14.2 Å². The van der Waals surface area contributed by atoms with E-state index in [0.717, 1.165) is 12.0 Å². The predicted octanol–water partition coefficient (Wildman–Crippen LogP) is 0.899. The molecule has 2 N–H and O–H groups in total. The van der Waals surface area contributed by atoms with Crippen molar-refractivity contribution in [1.82, 2.24) is 0 Å². The smallest absolute Gasteiger partial charge is 0.172 e. The quantitative estimate of drug-likeness (QED) is 0.479. The fourth-order valence-electron chi connectivity index (χ4n) is 0.944. The molecule has 0 rings (SSSR count). The summed E-state index contributed by atoms with van der Waals surface area (Å²) in [6, 6.07) is -0.123. The molecule has 0 aromatic rings. The molecule has 3 heteroatoms. The van der Waals surface area contributed by atoms with E-state index in [9.17, 15) is 0 Å². The van der Waals surface area contributed by atoms with Crippen LogP contribution in [0.1, 0.15) is 13.3 Å². The zero-order valence-electron chi connectivity index (χ0n) is 7.46. The molecule has 0 aliphatic rings. The van der Waals surface area contributed by atoms with Gasteiger partial charge >= 0.3 is 0 Å². The summed E-state index contributed by atoms with van der Waals surface area (Å²) in [5.41, 5.74) is 6.77. The summed E-state index contributed by atoms with van der Waals surface area (Å²) in [6.45, 7) is 5.69. The minimum absolute atomic E-state index is 0.123. The third-order valence-electron chi connectivity index (χ3n) is 1.40. The van der Waals surface area contributed by atoms with Crippen LogP contribution in [0.15, 0.2) is 12.2 Å². The molecule has 0 saturated heterocycles. The maximum atomic E-state index is 5.73. The third-order valence-corrected chi connectivity index (χ3v) is 1.40. The van der Waals surface area contributed by atoms with Gasteiger partial charge < -0.3 is 15.2 Å². The van der Waals surface area contributed by atoms with Crippen LogP contribution in [0.5, 0.6) is 0 Å². The van der Waals surface area contributed by atoms with Gasteiger partial charge in [0.1, 0.15) is 0 Å². The molecule has 0 radical (unpaired) electrons. The van der Waals surface area contributed by atoms with E-state index in [4.69, 9.17) is 15.2 Å². The van der Waals surface area contributed by atoms with Crippen molar-refractivity contribution >= 4 is 0 Å². The number of ether oxygens (including phenoxy) is 2. The predicted molar refractivity (Wildman–Crippen MR) is 45.2 cm³/mol. The molecule has 0 bridgehead atoms. The molecule has 0 spiro atoms. The second-order valence-electron chi connectivity index (χ2n) is 2.66. The topological polar surface area (TPSA) is 44.5 Å². The van der Waals surface area contributed by atoms with Crippen molar-refractivity contribution in [3.05, 3.63) is 12.2 Å². The minimum atomic E-state index is -0.327. The molecule has 0 amide bonds. The van der Waals surface area contributed by atoms with Gasteiger partial charge in [0.15, 0.2) is 6.29 Å². The van der Waals surface area contributed by atoms with E-state index in [2.05, 4.69) is 6.58 Å². The van der Waals surface area contributed by atoms with Crippen LogP contribution < -0.4 is 5.73 Å². The standard InChI is InChI=1S/C8H17NO2/c1-6(2)5-7(9)8(10-3)11-4/h7-8H,1,5,9H2,2-4H3. The summed E-state index contributed by atoms with van der Waals surface area (Å²) < 4.78 is 9.95. The Hall–Kier alpha value is -0.380. The van der Waals surface area contributed by atoms with E-state index in [1.165, 1.54) is 0 Å². The molecule has 0 saturated carbocycles. The van der Waals surface area contributed by atoms with Crippen molar-refractivity contribution < 1.29 is 9.47 Å². The average molecular weight is 159 g/mol. The van der Waals surface area contributed by atoms with Gasteiger partial charge in [-0.15, -0.1) is 6.58 Å². The van der Waals surface area contributed by atoms with Gasteiger partial charge in [-0.25, -0.2) is 0 Å². The lowest BCUT2D eigenvalue weighted by Crippen LogP contribution is -2.37. The van der Waals surface area contributed by atoms with Crippen LogP contribution in [0, 0.1) is 0 Å². The van der Waals surface area contributed by atoms with Gasteiger partial charge in [-0.05, 0) is 13.3 Å². The van der Waals surface area contributed by atoms with Crippen LogP contribution in [-0.4, -0.2) is 26.6 Å². The lowest BCUT2D eigenvalue weighted by atomic mass is 10.1. The Kier molecular flexibility index (Phi) is 5.11. The largest absolute Gasteiger partial charge is 0.354 e. The summed E-state index contributed by atoms with van der Waals surface area (Å²) in [5.74, 6) is 0. The van der Waals surface area contributed by atoms with Gasteiger partial charge in [-0.2, -0.15) is 0 Å². The molecular weight excluding hydrogens is 142 g/mol. The Morgan fingerprint density at radius 1 is 1.45 bits per heavy atom. The molecule has 1 unspecified atom stereocenters. The van der Waals surface area contributed by atoms with Crippen LogP contribution in [0.2, 0.25) is 0 Å². The maximum absolute atomic E-state index is 5.73. The summed E-state index contributed by atoms with van der Waals surface area (Å²) in [4.78, 5) is 0. The molecule has 0 aliphatic carbocycles. The van der Waals surface area contributed by atoms with Gasteiger partial charge in [-0.3, -0.25) is 0 Å². The number of rotatable bonds is 5. The second-order valence-corrected chi connectivity index (χ2v) is 2.66. The zero-order valence-corrected chi connectivity index (χ0v) is 7.46. The highest BCUT2D eigenvalue weighted by Crippen LogP contribution is 2.06. The highest BCUT2D eigenvalue weighted by atomic mass is 16.7. The number of hydrogen-bond donors (Lipinski definition) is 1. The lowest BCUT2D eigenvalue weighted by Gasteiger charge is -2.20. The van der Waals surface area contributed by atoms with E-state index >= 15 is 0 Å². The van der Waals surface area contributed by atoms with Crippen molar-refractivity contribution in [2.75, 3.05) is 14.2 Å². The highest BCUT2D eigenvalue weighted by molar-refractivity contribution is 4.92. The van der Waals surface area contributed by atoms with Gasteiger partial charge in [0.05, 0.1) is 6.04 Å². The van der Waals surface area contributed by atoms with Gasteiger partial charge in [0, 0.05) is 14.2 Å². The molecule has 0 aromatic heterocycles. The Labute approximate surface area is 68.2 Å². The van der Waals surface area contributed by atoms with Crippen LogP contribution in [0.25, 0.3) is 0 Å². The molecule has 0 aromatic carbocycles. The zero-order chi connectivity index (χ0) is 8.85. The van der Waals surface area contributed by atoms with Gasteiger partial charge in [-0.1, -0.05) is 5.57 Å². The average Bonchev–Trinajstić information content (AvgIpc) is 1.88. The summed E-state index contributed by atoms with van der Waals surface area (Å²) in [6.07, 6.45) is 0.401. The lowest BCUT2D eigenvalue weighted by molar-refractivity contribution is -0.115. The summed E-state index contributed by atoms with van der Waals surface area (Å²) in [7, 11) is 3.15. The molecule has 0 heterocycles. The van der Waals surface area contributed by atoms with Crippen molar-refractivity contribution in [3.63, 3.8) is 0 Å². The molecule has 1 atom stereocenters. The van der Waals surface area contributed by atoms with Crippen LogP contribution >= 0.6 is 0 Å². The van der Waals surface area contributed by atoms with Crippen molar-refractivity contribution in [1.29, 1.82) is 0 Å². The van der Waals surface area contributed by atoms with E-state index in [-0.39, 0.29) is 12.3 Å². The first kappa shape index (κ1) is 10.6. The van der Waals surface area contributed by atoms with Crippen LogP contribution in [-0.2, 0) is 9.47 Å². The Morgan fingerprint density at radius 2 is 1.91 bits per heavy atom. The first-order valence-electron chi connectivity index (χ1n) is 3.57. The van der Waals surface area contributed by atoms with Crippen molar-refractivity contribution in [3.8, 4) is 0 Å². The fourth-order valence-corrected chi connectivity index (χ4v) is 0.944. The summed E-state index contributed by atoms with van der Waals surface area (Å²) in [5, 5.41) is 0. The highest BCUT2D eigenvalue weighted by Gasteiger charge is 2.15. The number of hydrogen-bond acceptors (Lipinski definition) is 3. The first-order valence-corrected chi connectivity index (χ1v) is 3.57. The van der Waals surface area contributed by atoms with E-state index < -0.39 is 0 Å². The first-order chi connectivity index (χ1) is 5.11. The Bertz CT molecular complexity index is 121. The Balaban J connectivity index is 3.78. The maximum Gasteiger partial charge on any atom is 0.172 e. The fraction of sp³-hybridized carbons (Fsp3) is 0.750. The van der Waals surface area contributed by atoms with Gasteiger partial charge in [0.25, 0.3) is 0 Å². The van der Waals surface area contributed by atoms with Crippen molar-refractivity contribution in [2.24, 2.45) is 5.73 Å². The SMILES string of the molecule is C=C(C)CC(N)C(OC)OC. The molecular formula is C8H17NO2. The monoisotopic (exact) mass is 159 g/mol. The molecule has 11 heavy (non-hydrogen) atoms. The van der Waals surface area contributed by atoms with Crippen molar-refractivity contribution in [2.45, 2.75) is 25.7 Å². The van der Waals surface area contributed by atoms with Crippen LogP contribution in [0.3, 0.4) is 0 Å². The minimum Gasteiger partial charge on any atom is -0.354 e. The van der Waals surface area contributed by atoms with E-state index in [1.807, 2.05) is 6.92 Å².